The van der Waals surface area contributed by atoms with Crippen LogP contribution < -0.4 is 9.80 Å². The molecule has 1 spiro atoms. The maximum absolute atomic E-state index is 14.0. The van der Waals surface area contributed by atoms with Crippen LogP contribution in [-0.2, 0) is 4.79 Å². The highest BCUT2D eigenvalue weighted by atomic mass is 32.1. The van der Waals surface area contributed by atoms with Gasteiger partial charge >= 0.3 is 0 Å². The molecule has 4 heterocycles. The quantitative estimate of drug-likeness (QED) is 0.471. The van der Waals surface area contributed by atoms with Gasteiger partial charge in [-0.3, -0.25) is 19.6 Å². The zero-order valence-electron chi connectivity index (χ0n) is 19.7. The van der Waals surface area contributed by atoms with Crippen LogP contribution in [0.3, 0.4) is 0 Å². The molecule has 2 aliphatic heterocycles. The Hall–Kier alpha value is -3.72. The fourth-order valence-electron chi connectivity index (χ4n) is 5.39. The SMILES string of the molecule is Cc1nc(C)c(N2CN(c3ccccc3)C3(CCN(C(=O)c4ccc5[nH]ncc5c4)CC3)C2=O)s1. The van der Waals surface area contributed by atoms with Gasteiger partial charge in [0.15, 0.2) is 0 Å². The summed E-state index contributed by atoms with van der Waals surface area (Å²) < 4.78 is 0. The summed E-state index contributed by atoms with van der Waals surface area (Å²) in [4.78, 5) is 37.9. The minimum absolute atomic E-state index is 0.00885. The van der Waals surface area contributed by atoms with E-state index < -0.39 is 5.54 Å². The van der Waals surface area contributed by atoms with E-state index in [0.717, 1.165) is 32.3 Å². The number of thiazole rings is 1. The fourth-order valence-corrected chi connectivity index (χ4v) is 6.30. The van der Waals surface area contributed by atoms with Crippen molar-refractivity contribution in [1.29, 1.82) is 0 Å². The number of rotatable bonds is 3. The van der Waals surface area contributed by atoms with E-state index in [2.05, 4.69) is 32.2 Å². The highest BCUT2D eigenvalue weighted by molar-refractivity contribution is 7.16. The second kappa shape index (κ2) is 8.20. The smallest absolute Gasteiger partial charge is 0.255 e. The van der Waals surface area contributed by atoms with Crippen LogP contribution in [0.25, 0.3) is 10.9 Å². The summed E-state index contributed by atoms with van der Waals surface area (Å²) in [6.07, 6.45) is 2.88. The molecule has 0 saturated carbocycles. The molecule has 35 heavy (non-hydrogen) atoms. The maximum atomic E-state index is 14.0. The lowest BCUT2D eigenvalue weighted by Gasteiger charge is -2.43. The molecular weight excluding hydrogens is 460 g/mol. The van der Waals surface area contributed by atoms with Gasteiger partial charge in [-0.05, 0) is 57.0 Å². The third-order valence-electron chi connectivity index (χ3n) is 7.20. The Kier molecular flexibility index (Phi) is 5.10. The molecule has 2 aliphatic rings. The number of carbonyl (C=O) groups excluding carboxylic acids is 2. The average Bonchev–Trinajstić information content (AvgIpc) is 3.56. The molecule has 4 aromatic rings. The lowest BCUT2D eigenvalue weighted by Crippen LogP contribution is -2.57. The molecule has 2 fully saturated rings. The van der Waals surface area contributed by atoms with Crippen LogP contribution in [0, 0.1) is 13.8 Å². The second-order valence-electron chi connectivity index (χ2n) is 9.26. The third-order valence-corrected chi connectivity index (χ3v) is 8.30. The van der Waals surface area contributed by atoms with Crippen LogP contribution >= 0.6 is 11.3 Å². The van der Waals surface area contributed by atoms with Gasteiger partial charge < -0.3 is 9.80 Å². The molecular formula is C26H26N6O2S. The fraction of sp³-hybridized carbons (Fsp3) is 0.308. The molecule has 2 aromatic heterocycles. The number of nitrogens with one attached hydrogen (secondary N) is 1. The number of aromatic amines is 1. The van der Waals surface area contributed by atoms with Crippen LogP contribution in [0.1, 0.15) is 33.9 Å². The number of piperidine rings is 1. The van der Waals surface area contributed by atoms with Crippen molar-refractivity contribution < 1.29 is 9.59 Å². The first kappa shape index (κ1) is 21.8. The standard InChI is InChI=1S/C26H26N6O2S/c1-17-24(35-18(2)28-17)31-16-32(21-6-4-3-5-7-21)26(25(31)34)10-12-30(13-11-26)23(33)19-8-9-22-20(14-19)15-27-29-22/h3-9,14-15H,10-13,16H2,1-2H3,(H,27,29). The largest absolute Gasteiger partial charge is 0.338 e. The molecule has 0 radical (unpaired) electrons. The van der Waals surface area contributed by atoms with Crippen molar-refractivity contribution in [2.75, 3.05) is 29.6 Å². The van der Waals surface area contributed by atoms with Gasteiger partial charge in [-0.15, -0.1) is 11.3 Å². The Morgan fingerprint density at radius 1 is 1.09 bits per heavy atom. The van der Waals surface area contributed by atoms with Gasteiger partial charge in [-0.1, -0.05) is 18.2 Å². The normalized spacial score (nSPS) is 17.7. The van der Waals surface area contributed by atoms with Crippen molar-refractivity contribution in [2.45, 2.75) is 32.2 Å². The molecule has 178 valence electrons. The Bertz CT molecular complexity index is 1420. The van der Waals surface area contributed by atoms with E-state index in [1.54, 1.807) is 17.5 Å². The molecule has 0 bridgehead atoms. The molecule has 8 nitrogen and oxygen atoms in total. The molecule has 2 amide bonds. The first-order valence-electron chi connectivity index (χ1n) is 11.8. The number of benzene rings is 2. The monoisotopic (exact) mass is 486 g/mol. The third kappa shape index (κ3) is 3.49. The predicted octanol–water partition coefficient (Wildman–Crippen LogP) is 4.12. The summed E-state index contributed by atoms with van der Waals surface area (Å²) in [6, 6.07) is 15.7. The first-order chi connectivity index (χ1) is 17.0. The number of aromatic nitrogens is 3. The van der Waals surface area contributed by atoms with E-state index in [-0.39, 0.29) is 11.8 Å². The summed E-state index contributed by atoms with van der Waals surface area (Å²) in [7, 11) is 0. The average molecular weight is 487 g/mol. The number of amides is 2. The van der Waals surface area contributed by atoms with Crippen molar-refractivity contribution in [3.8, 4) is 0 Å². The van der Waals surface area contributed by atoms with Crippen molar-refractivity contribution >= 4 is 44.7 Å². The second-order valence-corrected chi connectivity index (χ2v) is 10.4. The van der Waals surface area contributed by atoms with Gasteiger partial charge in [0.2, 0.25) is 0 Å². The number of nitrogens with zero attached hydrogens (tertiary/aromatic N) is 5. The molecule has 9 heteroatoms. The number of hydrogen-bond acceptors (Lipinski definition) is 6. The lowest BCUT2D eigenvalue weighted by atomic mass is 9.85. The highest BCUT2D eigenvalue weighted by Crippen LogP contribution is 2.43. The highest BCUT2D eigenvalue weighted by Gasteiger charge is 2.55. The van der Waals surface area contributed by atoms with Gasteiger partial charge in [0.05, 0.1) is 29.1 Å². The maximum Gasteiger partial charge on any atom is 0.255 e. The minimum atomic E-state index is -0.684. The van der Waals surface area contributed by atoms with E-state index in [4.69, 9.17) is 0 Å². The van der Waals surface area contributed by atoms with Crippen LogP contribution in [0.2, 0.25) is 0 Å². The van der Waals surface area contributed by atoms with Crippen LogP contribution in [0.15, 0.2) is 54.7 Å². The molecule has 0 atom stereocenters. The topological polar surface area (TPSA) is 85.4 Å². The Balaban J connectivity index is 1.29. The lowest BCUT2D eigenvalue weighted by molar-refractivity contribution is -0.122. The number of para-hydroxylation sites is 1. The zero-order valence-corrected chi connectivity index (χ0v) is 20.5. The number of H-pyrrole nitrogens is 1. The van der Waals surface area contributed by atoms with Crippen LogP contribution in [0.4, 0.5) is 10.7 Å². The van der Waals surface area contributed by atoms with Gasteiger partial charge in [0.1, 0.15) is 10.5 Å². The van der Waals surface area contributed by atoms with Gasteiger partial charge in [0, 0.05) is 29.7 Å². The van der Waals surface area contributed by atoms with Crippen molar-refractivity contribution in [3.63, 3.8) is 0 Å². The number of aryl methyl sites for hydroxylation is 2. The van der Waals surface area contributed by atoms with E-state index in [9.17, 15) is 9.59 Å². The van der Waals surface area contributed by atoms with Gasteiger partial charge in [-0.2, -0.15) is 5.10 Å². The summed E-state index contributed by atoms with van der Waals surface area (Å²) in [5, 5.41) is 9.75. The van der Waals surface area contributed by atoms with E-state index in [1.807, 2.05) is 60.0 Å². The Labute approximate surface area is 207 Å². The summed E-state index contributed by atoms with van der Waals surface area (Å²) >= 11 is 1.56. The molecule has 2 aromatic carbocycles. The van der Waals surface area contributed by atoms with Crippen molar-refractivity contribution in [2.24, 2.45) is 0 Å². The molecule has 0 unspecified atom stereocenters. The molecule has 6 rings (SSSR count). The predicted molar refractivity (Wildman–Crippen MR) is 137 cm³/mol. The van der Waals surface area contributed by atoms with E-state index in [1.165, 1.54) is 0 Å². The van der Waals surface area contributed by atoms with Crippen molar-refractivity contribution in [3.05, 3.63) is 71.0 Å². The van der Waals surface area contributed by atoms with Crippen molar-refractivity contribution in [1.82, 2.24) is 20.1 Å². The summed E-state index contributed by atoms with van der Waals surface area (Å²) in [5.74, 6) is 0.0884. The summed E-state index contributed by atoms with van der Waals surface area (Å²) in [5.41, 5.74) is 2.77. The van der Waals surface area contributed by atoms with E-state index >= 15 is 0 Å². The number of likely N-dealkylation sites (tertiary alicyclic amines) is 1. The number of hydrogen-bond donors (Lipinski definition) is 1. The number of fused-ring (bicyclic) bond motifs is 1. The van der Waals surface area contributed by atoms with Gasteiger partial charge in [0.25, 0.3) is 11.8 Å². The molecule has 1 N–H and O–H groups in total. The minimum Gasteiger partial charge on any atom is -0.338 e. The Morgan fingerprint density at radius 2 is 1.86 bits per heavy atom. The number of carbonyl (C=O) groups is 2. The molecule has 2 saturated heterocycles. The zero-order chi connectivity index (χ0) is 24.2. The Morgan fingerprint density at radius 3 is 2.57 bits per heavy atom. The first-order valence-corrected chi connectivity index (χ1v) is 12.6. The summed E-state index contributed by atoms with van der Waals surface area (Å²) in [6.45, 7) is 5.45. The molecule has 0 aliphatic carbocycles. The number of anilines is 2. The van der Waals surface area contributed by atoms with Crippen LogP contribution in [-0.4, -0.2) is 57.2 Å². The van der Waals surface area contributed by atoms with Crippen LogP contribution in [0.5, 0.6) is 0 Å². The van der Waals surface area contributed by atoms with E-state index in [0.29, 0.717) is 38.2 Å². The van der Waals surface area contributed by atoms with Gasteiger partial charge in [-0.25, -0.2) is 4.98 Å².